The summed E-state index contributed by atoms with van der Waals surface area (Å²) in [5.41, 5.74) is 6.27. The molecule has 36 heavy (non-hydrogen) atoms. The number of hydrogen-bond donors (Lipinski definition) is 2. The van der Waals surface area contributed by atoms with Crippen molar-refractivity contribution in [2.75, 3.05) is 24.9 Å². The van der Waals surface area contributed by atoms with Gasteiger partial charge in [0.05, 0.1) is 24.3 Å². The van der Waals surface area contributed by atoms with Crippen LogP contribution >= 0.6 is 11.3 Å². The summed E-state index contributed by atoms with van der Waals surface area (Å²) in [6.07, 6.45) is -0.220. The monoisotopic (exact) mass is 547 g/mol. The van der Waals surface area contributed by atoms with Crippen molar-refractivity contribution < 1.29 is 30.7 Å². The molecule has 1 saturated heterocycles. The van der Waals surface area contributed by atoms with Crippen LogP contribution in [0.25, 0.3) is 0 Å². The summed E-state index contributed by atoms with van der Waals surface area (Å²) in [5, 5.41) is 1.65. The zero-order chi connectivity index (χ0) is 26.1. The van der Waals surface area contributed by atoms with Gasteiger partial charge in [0.15, 0.2) is 5.13 Å². The largest absolute Gasteiger partial charge is 0.493 e. The number of nitrogens with zero attached hydrogens (tertiary/aromatic N) is 3. The lowest BCUT2D eigenvalue weighted by Gasteiger charge is -2.45. The van der Waals surface area contributed by atoms with Gasteiger partial charge in [0.2, 0.25) is 0 Å². The minimum absolute atomic E-state index is 0.0839. The van der Waals surface area contributed by atoms with Crippen LogP contribution in [0.15, 0.2) is 45.9 Å². The van der Waals surface area contributed by atoms with E-state index in [0.717, 1.165) is 23.5 Å². The number of sulfonamides is 1. The number of halogens is 4. The second-order valence-corrected chi connectivity index (χ2v) is 11.0. The minimum Gasteiger partial charge on any atom is -0.493 e. The first-order valence-corrected chi connectivity index (χ1v) is 13.5. The predicted molar refractivity (Wildman–Crippen MR) is 128 cm³/mol. The molecule has 0 saturated carbocycles. The van der Waals surface area contributed by atoms with Crippen molar-refractivity contribution in [1.29, 1.82) is 0 Å². The highest BCUT2D eigenvalue weighted by atomic mass is 32.2. The van der Waals surface area contributed by atoms with Crippen LogP contribution in [0.2, 0.25) is 0 Å². The summed E-state index contributed by atoms with van der Waals surface area (Å²) in [7, 11) is -2.81. The fraction of sp³-hybridized carbons (Fsp3) is 0.455. The summed E-state index contributed by atoms with van der Waals surface area (Å²) in [5.74, 6) is -2.35. The zero-order valence-corrected chi connectivity index (χ0v) is 20.8. The van der Waals surface area contributed by atoms with Crippen LogP contribution in [0, 0.1) is 11.7 Å². The summed E-state index contributed by atoms with van der Waals surface area (Å²) in [6.45, 7) is 0.267. The van der Waals surface area contributed by atoms with Crippen LogP contribution in [0.1, 0.15) is 30.9 Å². The van der Waals surface area contributed by atoms with Gasteiger partial charge >= 0.3 is 6.18 Å². The second kappa shape index (κ2) is 10.3. The Kier molecular flexibility index (Phi) is 7.57. The van der Waals surface area contributed by atoms with Gasteiger partial charge in [-0.3, -0.25) is 14.6 Å². The number of fused-ring (bicyclic) bond motifs is 1. The highest BCUT2D eigenvalue weighted by Crippen LogP contribution is 2.44. The fourth-order valence-electron chi connectivity index (χ4n) is 4.74. The molecule has 4 rings (SSSR count). The van der Waals surface area contributed by atoms with Gasteiger partial charge in [-0.15, -0.1) is 11.3 Å². The normalized spacial score (nSPS) is 23.9. The highest BCUT2D eigenvalue weighted by molar-refractivity contribution is 7.93. The van der Waals surface area contributed by atoms with E-state index in [-0.39, 0.29) is 36.9 Å². The third-order valence-electron chi connectivity index (χ3n) is 6.39. The number of rotatable bonds is 6. The van der Waals surface area contributed by atoms with Crippen molar-refractivity contribution in [3.8, 4) is 5.75 Å². The van der Waals surface area contributed by atoms with Crippen molar-refractivity contribution in [2.45, 2.75) is 42.4 Å². The van der Waals surface area contributed by atoms with E-state index < -0.39 is 44.9 Å². The van der Waals surface area contributed by atoms with E-state index in [0.29, 0.717) is 17.7 Å². The van der Waals surface area contributed by atoms with Crippen LogP contribution < -0.4 is 15.2 Å². The van der Waals surface area contributed by atoms with Gasteiger partial charge < -0.3 is 10.5 Å². The minimum atomic E-state index is -4.36. The van der Waals surface area contributed by atoms with Crippen LogP contribution in [0.4, 0.5) is 22.7 Å². The average molecular weight is 548 g/mol. The van der Waals surface area contributed by atoms with E-state index in [1.165, 1.54) is 25.5 Å². The summed E-state index contributed by atoms with van der Waals surface area (Å²) in [6, 6.07) is 0.973. The van der Waals surface area contributed by atoms with Crippen molar-refractivity contribution in [2.24, 2.45) is 16.6 Å². The predicted octanol–water partition coefficient (Wildman–Crippen LogP) is 4.09. The molecular formula is C22H25F4N5O3S2. The lowest BCUT2D eigenvalue weighted by Crippen LogP contribution is -2.51. The Labute approximate surface area is 209 Å². The van der Waals surface area contributed by atoms with Gasteiger partial charge in [0.25, 0.3) is 10.0 Å². The Morgan fingerprint density at radius 1 is 1.36 bits per heavy atom. The first-order valence-electron chi connectivity index (χ1n) is 11.1. The van der Waals surface area contributed by atoms with Gasteiger partial charge in [-0.2, -0.15) is 13.2 Å². The topological polar surface area (TPSA) is 110 Å². The summed E-state index contributed by atoms with van der Waals surface area (Å²) < 4.78 is 89.4. The number of aliphatic imine (C=N–C) groups is 1. The third-order valence-corrected chi connectivity index (χ3v) is 8.56. The molecule has 0 spiro atoms. The van der Waals surface area contributed by atoms with Gasteiger partial charge in [-0.25, -0.2) is 17.8 Å². The van der Waals surface area contributed by atoms with E-state index >= 15 is 4.39 Å². The van der Waals surface area contributed by atoms with Crippen molar-refractivity contribution in [1.82, 2.24) is 9.88 Å². The molecule has 3 heterocycles. The molecule has 1 aromatic heterocycles. The number of alkyl halides is 3. The number of nitrogens with two attached hydrogens (primary N) is 1. The van der Waals surface area contributed by atoms with Crippen LogP contribution in [-0.4, -0.2) is 56.4 Å². The molecular weight excluding hydrogens is 522 g/mol. The Bertz CT molecular complexity index is 1250. The molecule has 2 aromatic rings. The molecule has 14 heteroatoms. The second-order valence-electron chi connectivity index (χ2n) is 8.44. The average Bonchev–Trinajstić information content (AvgIpc) is 3.33. The van der Waals surface area contributed by atoms with E-state index in [2.05, 4.69) is 14.7 Å². The lowest BCUT2D eigenvalue weighted by atomic mass is 9.84. The number of thiazole rings is 1. The smallest absolute Gasteiger partial charge is 0.391 e. The number of ether oxygens (including phenoxy) is 1. The first-order chi connectivity index (χ1) is 17.0. The Morgan fingerprint density at radius 3 is 2.78 bits per heavy atom. The number of aromatic nitrogens is 1. The van der Waals surface area contributed by atoms with E-state index in [1.54, 1.807) is 5.38 Å². The number of nitrogens with one attached hydrogen (secondary N) is 1. The van der Waals surface area contributed by atoms with Crippen LogP contribution in [-0.2, 0) is 10.0 Å². The maximum atomic E-state index is 15.2. The Balaban J connectivity index is 1.70. The van der Waals surface area contributed by atoms with Crippen LogP contribution in [0.5, 0.6) is 5.75 Å². The number of hydrogen-bond acceptors (Lipinski definition) is 8. The molecule has 0 radical (unpaired) electrons. The number of anilines is 1. The van der Waals surface area contributed by atoms with Gasteiger partial charge in [0.1, 0.15) is 16.5 Å². The molecule has 1 fully saturated rings. The molecule has 0 aliphatic carbocycles. The quantitative estimate of drug-likeness (QED) is 0.417. The molecule has 2 aliphatic rings. The number of benzene rings is 1. The van der Waals surface area contributed by atoms with Crippen molar-refractivity contribution >= 4 is 32.2 Å². The fourth-order valence-corrected chi connectivity index (χ4v) is 6.61. The highest BCUT2D eigenvalue weighted by Gasteiger charge is 2.47. The Hall–Kier alpha value is -2.71. The number of piperidine rings is 1. The van der Waals surface area contributed by atoms with Crippen LogP contribution in [0.3, 0.4) is 0 Å². The van der Waals surface area contributed by atoms with Crippen molar-refractivity contribution in [3.05, 3.63) is 47.4 Å². The summed E-state index contributed by atoms with van der Waals surface area (Å²) >= 11 is 1.04. The molecule has 1 aromatic carbocycles. The molecule has 0 amide bonds. The zero-order valence-electron chi connectivity index (χ0n) is 19.2. The van der Waals surface area contributed by atoms with Crippen molar-refractivity contribution in [3.63, 3.8) is 0 Å². The maximum Gasteiger partial charge on any atom is 0.391 e. The first kappa shape index (κ1) is 26.4. The molecule has 0 bridgehead atoms. The molecule has 0 unspecified atom stereocenters. The Morgan fingerprint density at radius 2 is 2.14 bits per heavy atom. The standard InChI is InChI=1S/C22H25F4N5O3S2/c1-28-16(2-5-27)18-10-13(22(24,25)26)3-7-31(18)17-4-8-34-19-12-20(15(23)11-14(17)19)36(32,33)30-21-29-6-9-35-21/h2,5-6,9,11-13,17-18H,3-4,7-8,10,27H2,1H3,(H,29,30)/t13-,17+,18+/m0/s1. The van der Waals surface area contributed by atoms with E-state index in [9.17, 15) is 21.6 Å². The van der Waals surface area contributed by atoms with Gasteiger partial charge in [-0.1, -0.05) is 0 Å². The molecule has 8 nitrogen and oxygen atoms in total. The van der Waals surface area contributed by atoms with E-state index in [1.807, 2.05) is 4.90 Å². The van der Waals surface area contributed by atoms with Gasteiger partial charge in [-0.05, 0) is 31.2 Å². The maximum absolute atomic E-state index is 15.2. The van der Waals surface area contributed by atoms with Gasteiger partial charge in [0, 0.05) is 49.3 Å². The number of likely N-dealkylation sites (tertiary alicyclic amines) is 1. The molecule has 3 N–H and O–H groups in total. The van der Waals surface area contributed by atoms with E-state index in [4.69, 9.17) is 10.5 Å². The molecule has 2 aliphatic heterocycles. The SMILES string of the molecule is CN=C(C=CN)[C@H]1C[C@@H](C(F)(F)F)CCN1[C@@H]1CCOc2cc(S(=O)(=O)Nc3nccs3)c(F)cc21. The third kappa shape index (κ3) is 5.34. The molecule has 3 atom stereocenters. The lowest BCUT2D eigenvalue weighted by molar-refractivity contribution is -0.189. The molecule has 196 valence electrons. The summed E-state index contributed by atoms with van der Waals surface area (Å²) in [4.78, 5) is 9.26.